The molecule has 3 unspecified atom stereocenters. The van der Waals surface area contributed by atoms with Gasteiger partial charge in [-0.1, -0.05) is 38.5 Å². The highest BCUT2D eigenvalue weighted by molar-refractivity contribution is 6.60. The quantitative estimate of drug-likeness (QED) is 0.100. The fourth-order valence-corrected chi connectivity index (χ4v) is 9.90. The Balaban J connectivity index is 0.000000348. The van der Waals surface area contributed by atoms with Crippen LogP contribution in [-0.2, 0) is 45.6 Å². The van der Waals surface area contributed by atoms with E-state index in [1.54, 1.807) is 42.7 Å². The van der Waals surface area contributed by atoms with Gasteiger partial charge in [0.25, 0.3) is 0 Å². The van der Waals surface area contributed by atoms with Crippen molar-refractivity contribution in [3.8, 4) is 0 Å². The minimum Gasteiger partial charge on any atom is -0.393 e. The molecule has 0 radical (unpaired) electrons. The highest BCUT2D eigenvalue weighted by Gasteiger charge is 2.46. The molecule has 41 heavy (non-hydrogen) atoms. The highest BCUT2D eigenvalue weighted by Crippen LogP contribution is 2.34. The maximum absolute atomic E-state index is 12.1. The zero-order valence-corrected chi connectivity index (χ0v) is 28.4. The zero-order valence-electron chi connectivity index (χ0n) is 26.4. The summed E-state index contributed by atoms with van der Waals surface area (Å²) >= 11 is 0. The SMILES string of the molecule is C1CCCC(C2CCCCCO2)CC1.CO[Si](CCCC1C(=O)OC(=O)C1CCC[Si](OC)(OC)OC)(OC)OC. The number of ether oxygens (including phenoxy) is 2. The van der Waals surface area contributed by atoms with Crippen LogP contribution in [-0.4, -0.2) is 84.9 Å². The summed E-state index contributed by atoms with van der Waals surface area (Å²) in [6.07, 6.45) is 17.0. The normalized spacial score (nSPS) is 24.8. The lowest BCUT2D eigenvalue weighted by Gasteiger charge is -2.25. The van der Waals surface area contributed by atoms with E-state index in [9.17, 15) is 9.59 Å². The summed E-state index contributed by atoms with van der Waals surface area (Å²) in [4.78, 5) is 24.2. The third-order valence-electron chi connectivity index (χ3n) is 9.05. The molecular weight excluding hydrogens is 564 g/mol. The summed E-state index contributed by atoms with van der Waals surface area (Å²) in [5.74, 6) is -0.941. The predicted octanol–water partition coefficient (Wildman–Crippen LogP) is 5.53. The van der Waals surface area contributed by atoms with Crippen LogP contribution in [0.15, 0.2) is 0 Å². The molecule has 1 saturated carbocycles. The molecule has 2 heterocycles. The van der Waals surface area contributed by atoms with Crippen molar-refractivity contribution >= 4 is 29.5 Å². The second kappa shape index (κ2) is 19.5. The minimum atomic E-state index is -2.70. The molecular formula is C29H56O10Si2. The molecule has 12 heteroatoms. The minimum absolute atomic E-state index is 0.460. The molecule has 0 aromatic rings. The fourth-order valence-electron chi connectivity index (χ4n) is 6.40. The van der Waals surface area contributed by atoms with Gasteiger partial charge in [0.1, 0.15) is 0 Å². The average Bonchev–Trinajstić information content (AvgIpc) is 3.30. The van der Waals surface area contributed by atoms with Gasteiger partial charge in [-0.2, -0.15) is 0 Å². The Kier molecular flexibility index (Phi) is 17.4. The van der Waals surface area contributed by atoms with E-state index < -0.39 is 41.4 Å². The molecule has 0 amide bonds. The monoisotopic (exact) mass is 620 g/mol. The molecule has 3 rings (SSSR count). The summed E-state index contributed by atoms with van der Waals surface area (Å²) in [6, 6.07) is 1.13. The van der Waals surface area contributed by atoms with Crippen LogP contribution in [0.25, 0.3) is 0 Å². The molecule has 3 aliphatic rings. The van der Waals surface area contributed by atoms with Crippen LogP contribution in [0, 0.1) is 17.8 Å². The summed E-state index contributed by atoms with van der Waals surface area (Å²) in [6.45, 7) is 1.03. The Bertz CT molecular complexity index is 655. The summed E-state index contributed by atoms with van der Waals surface area (Å²) in [5.41, 5.74) is 0. The van der Waals surface area contributed by atoms with Gasteiger partial charge in [-0.15, -0.1) is 0 Å². The van der Waals surface area contributed by atoms with Crippen LogP contribution in [0.4, 0.5) is 0 Å². The van der Waals surface area contributed by atoms with Crippen molar-refractivity contribution in [1.29, 1.82) is 0 Å². The van der Waals surface area contributed by atoms with Crippen molar-refractivity contribution < 1.29 is 45.6 Å². The van der Waals surface area contributed by atoms with E-state index in [0.717, 1.165) is 12.5 Å². The predicted molar refractivity (Wildman–Crippen MR) is 159 cm³/mol. The maximum atomic E-state index is 12.1. The number of esters is 2. The van der Waals surface area contributed by atoms with Crippen LogP contribution in [0.1, 0.15) is 89.9 Å². The topological polar surface area (TPSA) is 108 Å². The molecule has 3 fully saturated rings. The molecule has 240 valence electrons. The van der Waals surface area contributed by atoms with E-state index >= 15 is 0 Å². The largest absolute Gasteiger partial charge is 0.500 e. The van der Waals surface area contributed by atoms with Crippen molar-refractivity contribution in [3.05, 3.63) is 0 Å². The Morgan fingerprint density at radius 3 is 1.46 bits per heavy atom. The van der Waals surface area contributed by atoms with Crippen molar-refractivity contribution in [1.82, 2.24) is 0 Å². The van der Waals surface area contributed by atoms with Gasteiger partial charge in [0, 0.05) is 61.4 Å². The van der Waals surface area contributed by atoms with Gasteiger partial charge in [0.2, 0.25) is 0 Å². The van der Waals surface area contributed by atoms with E-state index in [1.165, 1.54) is 64.2 Å². The number of rotatable bonds is 15. The fraction of sp³-hybridized carbons (Fsp3) is 0.931. The first kappa shape index (κ1) is 36.5. The second-order valence-electron chi connectivity index (χ2n) is 11.3. The zero-order chi connectivity index (χ0) is 30.1. The van der Waals surface area contributed by atoms with Gasteiger partial charge in [-0.25, -0.2) is 0 Å². The molecule has 2 aliphatic heterocycles. The molecule has 10 nitrogen and oxygen atoms in total. The van der Waals surface area contributed by atoms with Crippen LogP contribution >= 0.6 is 0 Å². The first-order chi connectivity index (χ1) is 19.8. The van der Waals surface area contributed by atoms with Gasteiger partial charge in [0.05, 0.1) is 17.9 Å². The molecule has 1 aliphatic carbocycles. The highest BCUT2D eigenvalue weighted by atomic mass is 28.4. The molecule has 2 saturated heterocycles. The van der Waals surface area contributed by atoms with E-state index in [2.05, 4.69) is 0 Å². The smallest absolute Gasteiger partial charge is 0.393 e. The van der Waals surface area contributed by atoms with Crippen molar-refractivity contribution in [3.63, 3.8) is 0 Å². The molecule has 0 bridgehead atoms. The molecule has 3 atom stereocenters. The summed E-state index contributed by atoms with van der Waals surface area (Å²) < 4.78 is 43.2. The number of cyclic esters (lactones) is 2. The first-order valence-corrected chi connectivity index (χ1v) is 19.4. The molecule has 0 aromatic heterocycles. The van der Waals surface area contributed by atoms with E-state index in [0.29, 0.717) is 43.9 Å². The van der Waals surface area contributed by atoms with Crippen LogP contribution in [0.3, 0.4) is 0 Å². The average molecular weight is 621 g/mol. The maximum Gasteiger partial charge on any atom is 0.500 e. The lowest BCUT2D eigenvalue weighted by atomic mass is 9.87. The Morgan fingerprint density at radius 2 is 1.02 bits per heavy atom. The van der Waals surface area contributed by atoms with Crippen LogP contribution < -0.4 is 0 Å². The summed E-state index contributed by atoms with van der Waals surface area (Å²) in [5, 5.41) is 0. The first-order valence-electron chi connectivity index (χ1n) is 15.5. The Morgan fingerprint density at radius 1 is 0.610 bits per heavy atom. The van der Waals surface area contributed by atoms with E-state index in [-0.39, 0.29) is 0 Å². The van der Waals surface area contributed by atoms with Gasteiger partial charge in [-0.05, 0) is 57.3 Å². The molecule has 0 aromatic carbocycles. The van der Waals surface area contributed by atoms with Crippen LogP contribution in [0.5, 0.6) is 0 Å². The number of hydrogen-bond acceptors (Lipinski definition) is 10. The van der Waals surface area contributed by atoms with Crippen molar-refractivity contribution in [2.45, 2.75) is 108 Å². The molecule has 0 spiro atoms. The second-order valence-corrected chi connectivity index (χ2v) is 17.5. The van der Waals surface area contributed by atoms with Gasteiger partial charge in [0.15, 0.2) is 0 Å². The molecule has 0 N–H and O–H groups in total. The van der Waals surface area contributed by atoms with Gasteiger partial charge in [-0.3, -0.25) is 9.59 Å². The van der Waals surface area contributed by atoms with Crippen molar-refractivity contribution in [2.75, 3.05) is 49.3 Å². The number of hydrogen-bond donors (Lipinski definition) is 0. The van der Waals surface area contributed by atoms with Gasteiger partial charge >= 0.3 is 29.5 Å². The third-order valence-corrected chi connectivity index (χ3v) is 14.7. The number of carbonyl (C=O) groups excluding carboxylic acids is 2. The Hall–Kier alpha value is -0.706. The van der Waals surface area contributed by atoms with E-state index in [4.69, 9.17) is 36.0 Å². The summed E-state index contributed by atoms with van der Waals surface area (Å²) in [7, 11) is 3.90. The van der Waals surface area contributed by atoms with Crippen LogP contribution in [0.2, 0.25) is 12.1 Å². The van der Waals surface area contributed by atoms with Gasteiger partial charge < -0.3 is 36.0 Å². The third kappa shape index (κ3) is 11.4. The lowest BCUT2D eigenvalue weighted by Crippen LogP contribution is -2.43. The lowest BCUT2D eigenvalue weighted by molar-refractivity contribution is -0.153. The van der Waals surface area contributed by atoms with Crippen molar-refractivity contribution in [2.24, 2.45) is 17.8 Å². The number of carbonyl (C=O) groups is 2. The Labute approximate surface area is 250 Å². The standard InChI is InChI=1S/C16H32O9Si2.C13H24O/c1-19-26(20-2,21-3)11-7-9-13-14(16(18)25-15(13)17)10-8-12-27(22-4,23-5)24-6;1-2-5-9-12(8-4-1)13-10-6-3-7-11-14-13/h13-14H,7-12H2,1-6H3;12-13H,1-11H2. The van der Waals surface area contributed by atoms with E-state index in [1.807, 2.05) is 0 Å².